The summed E-state index contributed by atoms with van der Waals surface area (Å²) in [4.78, 5) is 16.7. The Morgan fingerprint density at radius 2 is 2.12 bits per heavy atom. The molecule has 0 bridgehead atoms. The fraction of sp³-hybridized carbons (Fsp3) is 0.556. The van der Waals surface area contributed by atoms with Crippen molar-refractivity contribution in [3.05, 3.63) is 24.3 Å². The quantitative estimate of drug-likeness (QED) is 0.616. The van der Waals surface area contributed by atoms with Crippen LogP contribution in [0, 0.1) is 0 Å². The standard InChI is InChI=1S/C18H25N3O2S/c1-23-12-11-19-17(22)13-24-18-20-15-9-5-6-10-16(15)21(18)14-7-3-2-4-8-14/h5-6,9-10,14H,2-4,7-8,11-13H2,1H3,(H,19,22). The number of hydrogen-bond acceptors (Lipinski definition) is 4. The van der Waals surface area contributed by atoms with Gasteiger partial charge in [0.2, 0.25) is 5.91 Å². The Kier molecular flexibility index (Phi) is 6.15. The Balaban J connectivity index is 1.75. The monoisotopic (exact) mass is 347 g/mol. The predicted molar refractivity (Wildman–Crippen MR) is 97.5 cm³/mol. The van der Waals surface area contributed by atoms with Crippen LogP contribution in [0.2, 0.25) is 0 Å². The number of fused-ring (bicyclic) bond motifs is 1. The third-order valence-corrected chi connectivity index (χ3v) is 5.42. The largest absolute Gasteiger partial charge is 0.383 e. The molecule has 130 valence electrons. The lowest BCUT2D eigenvalue weighted by molar-refractivity contribution is -0.118. The molecular formula is C18H25N3O2S. The minimum absolute atomic E-state index is 0.0271. The Morgan fingerprint density at radius 3 is 2.92 bits per heavy atom. The summed E-state index contributed by atoms with van der Waals surface area (Å²) in [6, 6.07) is 8.78. The fourth-order valence-corrected chi connectivity index (χ4v) is 4.20. The zero-order valence-electron chi connectivity index (χ0n) is 14.2. The SMILES string of the molecule is COCCNC(=O)CSc1nc2ccccc2n1C1CCCCC1. The second kappa shape index (κ2) is 8.53. The number of amides is 1. The lowest BCUT2D eigenvalue weighted by Gasteiger charge is -2.25. The van der Waals surface area contributed by atoms with Crippen molar-refractivity contribution in [3.63, 3.8) is 0 Å². The smallest absolute Gasteiger partial charge is 0.230 e. The van der Waals surface area contributed by atoms with Crippen LogP contribution in [-0.2, 0) is 9.53 Å². The highest BCUT2D eigenvalue weighted by Crippen LogP contribution is 2.35. The van der Waals surface area contributed by atoms with Gasteiger partial charge in [-0.2, -0.15) is 0 Å². The van der Waals surface area contributed by atoms with Gasteiger partial charge in [0.1, 0.15) is 0 Å². The van der Waals surface area contributed by atoms with Gasteiger partial charge in [0.05, 0.1) is 23.4 Å². The molecule has 1 aliphatic rings. The summed E-state index contributed by atoms with van der Waals surface area (Å²) in [6.45, 7) is 1.09. The number of thioether (sulfide) groups is 1. The molecule has 0 spiro atoms. The third-order valence-electron chi connectivity index (χ3n) is 4.46. The molecule has 3 rings (SSSR count). The highest BCUT2D eigenvalue weighted by atomic mass is 32.2. The van der Waals surface area contributed by atoms with Crippen LogP contribution in [0.4, 0.5) is 0 Å². The van der Waals surface area contributed by atoms with E-state index in [1.54, 1.807) is 7.11 Å². The van der Waals surface area contributed by atoms with Crippen molar-refractivity contribution in [1.29, 1.82) is 0 Å². The van der Waals surface area contributed by atoms with Crippen LogP contribution in [0.15, 0.2) is 29.4 Å². The van der Waals surface area contributed by atoms with Gasteiger partial charge in [-0.25, -0.2) is 4.98 Å². The third kappa shape index (κ3) is 4.11. The first kappa shape index (κ1) is 17.3. The van der Waals surface area contributed by atoms with E-state index in [1.165, 1.54) is 49.4 Å². The van der Waals surface area contributed by atoms with Gasteiger partial charge < -0.3 is 14.6 Å². The van der Waals surface area contributed by atoms with Gasteiger partial charge >= 0.3 is 0 Å². The van der Waals surface area contributed by atoms with Crippen LogP contribution in [0.25, 0.3) is 11.0 Å². The van der Waals surface area contributed by atoms with E-state index in [0.29, 0.717) is 24.9 Å². The van der Waals surface area contributed by atoms with Gasteiger partial charge in [-0.15, -0.1) is 0 Å². The van der Waals surface area contributed by atoms with Crippen LogP contribution in [0.3, 0.4) is 0 Å². The van der Waals surface area contributed by atoms with E-state index in [2.05, 4.69) is 28.1 Å². The van der Waals surface area contributed by atoms with Gasteiger partial charge in [0.15, 0.2) is 5.16 Å². The molecule has 24 heavy (non-hydrogen) atoms. The molecule has 0 atom stereocenters. The van der Waals surface area contributed by atoms with Gasteiger partial charge in [-0.1, -0.05) is 43.2 Å². The Bertz CT molecular complexity index is 680. The molecule has 6 heteroatoms. The molecule has 0 radical (unpaired) electrons. The topological polar surface area (TPSA) is 56.1 Å². The van der Waals surface area contributed by atoms with E-state index in [1.807, 2.05) is 6.07 Å². The highest BCUT2D eigenvalue weighted by molar-refractivity contribution is 7.99. The zero-order chi connectivity index (χ0) is 16.8. The summed E-state index contributed by atoms with van der Waals surface area (Å²) in [5.41, 5.74) is 2.21. The fourth-order valence-electron chi connectivity index (χ4n) is 3.29. The number of methoxy groups -OCH3 is 1. The molecule has 1 aromatic heterocycles. The first-order valence-corrected chi connectivity index (χ1v) is 9.63. The number of ether oxygens (including phenoxy) is 1. The molecule has 1 aliphatic carbocycles. The molecule has 2 aromatic rings. The molecule has 0 unspecified atom stereocenters. The number of rotatable bonds is 7. The Hall–Kier alpha value is -1.53. The normalized spacial score (nSPS) is 15.7. The van der Waals surface area contributed by atoms with Crippen molar-refractivity contribution >= 4 is 28.7 Å². The molecule has 1 fully saturated rings. The molecule has 1 amide bonds. The van der Waals surface area contributed by atoms with E-state index in [0.717, 1.165) is 10.7 Å². The number of benzene rings is 1. The number of aromatic nitrogens is 2. The van der Waals surface area contributed by atoms with E-state index in [9.17, 15) is 4.79 Å². The first-order chi connectivity index (χ1) is 11.8. The van der Waals surface area contributed by atoms with Crippen molar-refractivity contribution in [1.82, 2.24) is 14.9 Å². The second-order valence-corrected chi connectivity index (χ2v) is 7.12. The maximum atomic E-state index is 12.0. The van der Waals surface area contributed by atoms with E-state index < -0.39 is 0 Å². The molecule has 0 aliphatic heterocycles. The maximum absolute atomic E-state index is 12.0. The zero-order valence-corrected chi connectivity index (χ0v) is 15.0. The van der Waals surface area contributed by atoms with Crippen molar-refractivity contribution in [3.8, 4) is 0 Å². The minimum Gasteiger partial charge on any atom is -0.383 e. The van der Waals surface area contributed by atoms with Crippen molar-refractivity contribution in [2.24, 2.45) is 0 Å². The molecular weight excluding hydrogens is 322 g/mol. The van der Waals surface area contributed by atoms with Crippen LogP contribution in [0.1, 0.15) is 38.1 Å². The van der Waals surface area contributed by atoms with Crippen LogP contribution < -0.4 is 5.32 Å². The number of hydrogen-bond donors (Lipinski definition) is 1. The van der Waals surface area contributed by atoms with E-state index in [-0.39, 0.29) is 5.91 Å². The number of nitrogens with one attached hydrogen (secondary N) is 1. The number of carbonyl (C=O) groups is 1. The van der Waals surface area contributed by atoms with Gasteiger partial charge in [-0.3, -0.25) is 4.79 Å². The summed E-state index contributed by atoms with van der Waals surface area (Å²) in [6.07, 6.45) is 6.28. The summed E-state index contributed by atoms with van der Waals surface area (Å²) in [7, 11) is 1.63. The first-order valence-electron chi connectivity index (χ1n) is 8.65. The maximum Gasteiger partial charge on any atom is 0.230 e. The van der Waals surface area contributed by atoms with Crippen LogP contribution >= 0.6 is 11.8 Å². The van der Waals surface area contributed by atoms with Gasteiger partial charge in [0, 0.05) is 19.7 Å². The van der Waals surface area contributed by atoms with E-state index >= 15 is 0 Å². The lowest BCUT2D eigenvalue weighted by Crippen LogP contribution is -2.28. The molecule has 1 heterocycles. The summed E-state index contributed by atoms with van der Waals surface area (Å²) < 4.78 is 7.32. The van der Waals surface area contributed by atoms with Crippen molar-refractivity contribution in [2.45, 2.75) is 43.3 Å². The minimum atomic E-state index is 0.0271. The van der Waals surface area contributed by atoms with E-state index in [4.69, 9.17) is 9.72 Å². The summed E-state index contributed by atoms with van der Waals surface area (Å²) in [5, 5.41) is 3.83. The van der Waals surface area contributed by atoms with Gasteiger partial charge in [0.25, 0.3) is 0 Å². The molecule has 1 saturated carbocycles. The van der Waals surface area contributed by atoms with Crippen LogP contribution in [-0.4, -0.2) is 41.5 Å². The number of para-hydroxylation sites is 2. The molecule has 5 nitrogen and oxygen atoms in total. The number of imidazole rings is 1. The Labute approximate surface area is 147 Å². The van der Waals surface area contributed by atoms with Crippen molar-refractivity contribution < 1.29 is 9.53 Å². The van der Waals surface area contributed by atoms with Crippen LogP contribution in [0.5, 0.6) is 0 Å². The number of nitrogens with zero attached hydrogens (tertiary/aromatic N) is 2. The summed E-state index contributed by atoms with van der Waals surface area (Å²) in [5.74, 6) is 0.416. The highest BCUT2D eigenvalue weighted by Gasteiger charge is 2.22. The van der Waals surface area contributed by atoms with Gasteiger partial charge in [-0.05, 0) is 25.0 Å². The molecule has 0 saturated heterocycles. The molecule has 1 N–H and O–H groups in total. The lowest BCUT2D eigenvalue weighted by atomic mass is 9.95. The average Bonchev–Trinajstić information content (AvgIpc) is 2.99. The number of carbonyl (C=O) groups excluding carboxylic acids is 1. The predicted octanol–water partition coefficient (Wildman–Crippen LogP) is 3.40. The average molecular weight is 347 g/mol. The van der Waals surface area contributed by atoms with Crippen molar-refractivity contribution in [2.75, 3.05) is 26.0 Å². The second-order valence-electron chi connectivity index (χ2n) is 6.18. The Morgan fingerprint density at radius 1 is 1.33 bits per heavy atom. The molecule has 1 aromatic carbocycles. The summed E-state index contributed by atoms with van der Waals surface area (Å²) >= 11 is 1.53.